The van der Waals surface area contributed by atoms with Crippen molar-refractivity contribution in [3.05, 3.63) is 71.8 Å². The fourth-order valence-electron chi connectivity index (χ4n) is 4.30. The molecule has 2 aromatic heterocycles. The molecule has 0 radical (unpaired) electrons. The number of halogens is 1. The molecule has 232 valence electrons. The molecule has 1 aromatic carbocycles. The molecule has 3 heterocycles. The number of allylic oxidation sites excluding steroid dienone is 2. The molecule has 5 rings (SSSR count). The highest BCUT2D eigenvalue weighted by Crippen LogP contribution is 2.37. The highest BCUT2D eigenvalue weighted by atomic mass is 35.5. The van der Waals surface area contributed by atoms with Gasteiger partial charge in [-0.2, -0.15) is 0 Å². The monoisotopic (exact) mass is 625 g/mol. The lowest BCUT2D eigenvalue weighted by Gasteiger charge is -2.33. The lowest BCUT2D eigenvalue weighted by atomic mass is 9.94. The van der Waals surface area contributed by atoms with E-state index in [1.54, 1.807) is 34.7 Å². The van der Waals surface area contributed by atoms with Gasteiger partial charge in [0.1, 0.15) is 11.4 Å². The number of benzene rings is 1. The molecule has 0 bridgehead atoms. The third-order valence-corrected chi connectivity index (χ3v) is 8.16. The number of ether oxygens (including phenoxy) is 1. The predicted molar refractivity (Wildman–Crippen MR) is 177 cm³/mol. The number of hydrogen-bond acceptors (Lipinski definition) is 7. The Hall–Kier alpha value is -3.30. The summed E-state index contributed by atoms with van der Waals surface area (Å²) < 4.78 is 6.59. The summed E-state index contributed by atoms with van der Waals surface area (Å²) in [7, 11) is 0. The first-order chi connectivity index (χ1) is 20.5. The number of thiazole rings is 1. The molecular weight excluding hydrogens is 582 g/mol. The number of aromatic nitrogens is 3. The Kier molecular flexibility index (Phi) is 12.7. The fraction of sp³-hybridized carbons (Fsp3) is 0.485. The van der Waals surface area contributed by atoms with Gasteiger partial charge in [0, 0.05) is 49.4 Å². The number of nitrogens with zero attached hydrogens (tertiary/aromatic N) is 4. The first-order valence-corrected chi connectivity index (χ1v) is 16.3. The van der Waals surface area contributed by atoms with Crippen LogP contribution in [-0.2, 0) is 11.2 Å². The van der Waals surface area contributed by atoms with Gasteiger partial charge in [-0.3, -0.25) is 4.79 Å². The summed E-state index contributed by atoms with van der Waals surface area (Å²) in [6.45, 7) is 18.1. The zero-order valence-electron chi connectivity index (χ0n) is 26.0. The Labute approximate surface area is 264 Å². The van der Waals surface area contributed by atoms with E-state index in [4.69, 9.17) is 21.3 Å². The Morgan fingerprint density at radius 3 is 2.33 bits per heavy atom. The summed E-state index contributed by atoms with van der Waals surface area (Å²) in [6.07, 6.45) is 9.67. The summed E-state index contributed by atoms with van der Waals surface area (Å²) >= 11 is 6.97. The number of alkyl halides is 1. The van der Waals surface area contributed by atoms with Gasteiger partial charge in [0.05, 0.1) is 20.8 Å². The number of nitrogens with one attached hydrogen (secondary N) is 1. The maximum atomic E-state index is 12.6. The second-order valence-electron chi connectivity index (χ2n) is 11.5. The Bertz CT molecular complexity index is 1390. The average Bonchev–Trinajstić information content (AvgIpc) is 3.77. The Morgan fingerprint density at radius 2 is 1.79 bits per heavy atom. The molecule has 3 aromatic rings. The zero-order valence-corrected chi connectivity index (χ0v) is 27.6. The highest BCUT2D eigenvalue weighted by molar-refractivity contribution is 7.18. The molecule has 10 heteroatoms. The first-order valence-electron chi connectivity index (χ1n) is 14.9. The molecular formula is C33H44ClN5O3S. The number of rotatable bonds is 7. The average molecular weight is 626 g/mol. The van der Waals surface area contributed by atoms with Gasteiger partial charge in [-0.05, 0) is 76.1 Å². The van der Waals surface area contributed by atoms with Crippen LogP contribution >= 0.6 is 22.9 Å². The van der Waals surface area contributed by atoms with Crippen molar-refractivity contribution in [1.29, 1.82) is 0 Å². The molecule has 0 spiro atoms. The number of amides is 2. The van der Waals surface area contributed by atoms with Gasteiger partial charge in [0.2, 0.25) is 0 Å². The molecule has 0 atom stereocenters. The number of likely N-dealkylation sites (tertiary alicyclic amines) is 1. The van der Waals surface area contributed by atoms with Crippen LogP contribution in [0.15, 0.2) is 55.4 Å². The molecule has 1 N–H and O–H groups in total. The van der Waals surface area contributed by atoms with Crippen molar-refractivity contribution in [2.45, 2.75) is 78.2 Å². The lowest BCUT2D eigenvalue weighted by molar-refractivity contribution is 0.0184. The maximum absolute atomic E-state index is 12.6. The minimum atomic E-state index is -0.471. The van der Waals surface area contributed by atoms with Crippen LogP contribution in [0.1, 0.15) is 87.4 Å². The van der Waals surface area contributed by atoms with Gasteiger partial charge < -0.3 is 15.0 Å². The van der Waals surface area contributed by atoms with Crippen molar-refractivity contribution in [3.8, 4) is 0 Å². The summed E-state index contributed by atoms with van der Waals surface area (Å²) in [5.74, 6) is 2.05. The quantitative estimate of drug-likeness (QED) is 0.209. The van der Waals surface area contributed by atoms with Crippen molar-refractivity contribution in [1.82, 2.24) is 19.9 Å². The topological polar surface area (TPSA) is 97.3 Å². The van der Waals surface area contributed by atoms with E-state index in [2.05, 4.69) is 28.4 Å². The van der Waals surface area contributed by atoms with E-state index >= 15 is 0 Å². The number of carbonyl (C=O) groups excluding carboxylic acids is 2. The normalized spacial score (nSPS) is 15.0. The molecule has 2 aliphatic rings. The van der Waals surface area contributed by atoms with Gasteiger partial charge in [0.15, 0.2) is 0 Å². The van der Waals surface area contributed by atoms with Crippen LogP contribution in [0.5, 0.6) is 0 Å². The van der Waals surface area contributed by atoms with E-state index in [1.165, 1.54) is 0 Å². The second kappa shape index (κ2) is 16.0. The molecule has 8 nitrogen and oxygen atoms in total. The number of anilines is 1. The van der Waals surface area contributed by atoms with Gasteiger partial charge in [0.25, 0.3) is 5.91 Å². The Balaban J connectivity index is 0.000000566. The summed E-state index contributed by atoms with van der Waals surface area (Å²) in [5, 5.41) is 4.02. The third-order valence-electron chi connectivity index (χ3n) is 6.76. The standard InChI is InChI=1S/C26H31N5O3S.C5H7Cl.C2H6/c1-26(2,3)34-25(33)31-10-8-16(9-11-31)12-22-30-20-13-19(6-7-21(20)35-22)29-24(32)18-14-27-23(28-15-18)17-4-5-17;1-3-5(2)4-6;1-2/h6-7,13-17H,4-5,8-12H2,1-3H3,(H,29,32);3H,1-2,4H2;1-2H3. The van der Waals surface area contributed by atoms with Gasteiger partial charge in [-0.15, -0.1) is 22.9 Å². The van der Waals surface area contributed by atoms with Gasteiger partial charge in [-0.1, -0.05) is 33.1 Å². The second-order valence-corrected chi connectivity index (χ2v) is 12.8. The molecule has 1 aliphatic heterocycles. The van der Waals surface area contributed by atoms with E-state index in [0.717, 1.165) is 58.7 Å². The van der Waals surface area contributed by atoms with Crippen LogP contribution in [0.25, 0.3) is 10.2 Å². The largest absolute Gasteiger partial charge is 0.444 e. The van der Waals surface area contributed by atoms with Crippen molar-refractivity contribution >= 4 is 50.8 Å². The lowest BCUT2D eigenvalue weighted by Crippen LogP contribution is -2.42. The summed E-state index contributed by atoms with van der Waals surface area (Å²) in [5.41, 5.74) is 2.44. The minimum absolute atomic E-state index is 0.223. The number of hydrogen-bond donors (Lipinski definition) is 1. The third kappa shape index (κ3) is 10.7. The van der Waals surface area contributed by atoms with E-state index in [-0.39, 0.29) is 12.0 Å². The highest BCUT2D eigenvalue weighted by Gasteiger charge is 2.28. The molecule has 1 saturated carbocycles. The summed E-state index contributed by atoms with van der Waals surface area (Å²) in [4.78, 5) is 40.2. The van der Waals surface area contributed by atoms with Crippen LogP contribution in [0.2, 0.25) is 0 Å². The molecule has 1 aliphatic carbocycles. The predicted octanol–water partition coefficient (Wildman–Crippen LogP) is 8.40. The Morgan fingerprint density at radius 1 is 1.14 bits per heavy atom. The van der Waals surface area contributed by atoms with E-state index in [0.29, 0.717) is 42.1 Å². The van der Waals surface area contributed by atoms with Crippen molar-refractivity contribution in [2.75, 3.05) is 24.3 Å². The first kappa shape index (κ1) is 34.2. The van der Waals surface area contributed by atoms with Crippen LogP contribution in [0, 0.1) is 5.92 Å². The maximum Gasteiger partial charge on any atom is 0.410 e. The molecule has 1 saturated heterocycles. The molecule has 2 fully saturated rings. The zero-order chi connectivity index (χ0) is 31.6. The smallest absolute Gasteiger partial charge is 0.410 e. The number of fused-ring (bicyclic) bond motifs is 1. The van der Waals surface area contributed by atoms with Crippen LogP contribution in [0.3, 0.4) is 0 Å². The van der Waals surface area contributed by atoms with Crippen LogP contribution in [-0.4, -0.2) is 56.4 Å². The minimum Gasteiger partial charge on any atom is -0.444 e. The van der Waals surface area contributed by atoms with E-state index in [9.17, 15) is 9.59 Å². The SMILES string of the molecule is C=CC(=C)CCl.CC.CC(C)(C)OC(=O)N1CCC(Cc2nc3cc(NC(=O)c4cnc(C5CC5)nc4)ccc3s2)CC1. The van der Waals surface area contributed by atoms with Crippen molar-refractivity contribution in [3.63, 3.8) is 0 Å². The van der Waals surface area contributed by atoms with Crippen molar-refractivity contribution < 1.29 is 14.3 Å². The summed E-state index contributed by atoms with van der Waals surface area (Å²) in [6, 6.07) is 5.82. The molecule has 2 amide bonds. The van der Waals surface area contributed by atoms with Gasteiger partial charge >= 0.3 is 6.09 Å². The van der Waals surface area contributed by atoms with Crippen LogP contribution in [0.4, 0.5) is 10.5 Å². The van der Waals surface area contributed by atoms with Crippen LogP contribution < -0.4 is 5.32 Å². The molecule has 43 heavy (non-hydrogen) atoms. The molecule has 0 unspecified atom stereocenters. The van der Waals surface area contributed by atoms with E-state index in [1.807, 2.05) is 52.8 Å². The van der Waals surface area contributed by atoms with E-state index < -0.39 is 5.60 Å². The number of carbonyl (C=O) groups is 2. The van der Waals surface area contributed by atoms with Crippen molar-refractivity contribution in [2.24, 2.45) is 5.92 Å². The van der Waals surface area contributed by atoms with Gasteiger partial charge in [-0.25, -0.2) is 19.7 Å². The fourth-order valence-corrected chi connectivity index (χ4v) is 5.47. The number of piperidine rings is 1.